The van der Waals surface area contributed by atoms with Gasteiger partial charge in [-0.1, -0.05) is 11.6 Å². The Morgan fingerprint density at radius 2 is 2.06 bits per heavy atom. The minimum Gasteiger partial charge on any atom is -0.495 e. The van der Waals surface area contributed by atoms with Crippen LogP contribution in [0.3, 0.4) is 0 Å². The van der Waals surface area contributed by atoms with E-state index >= 15 is 0 Å². The molecule has 0 aliphatic carbocycles. The summed E-state index contributed by atoms with van der Waals surface area (Å²) in [6.07, 6.45) is 0. The average molecular weight is 257 g/mol. The van der Waals surface area contributed by atoms with E-state index in [1.165, 1.54) is 0 Å². The van der Waals surface area contributed by atoms with Crippen molar-refractivity contribution in [3.8, 4) is 5.75 Å². The van der Waals surface area contributed by atoms with E-state index in [0.717, 1.165) is 0 Å². The SMILES string of the molecule is CNC(C)(C)C(=O)Nc1ccc(OC)c(Cl)c1. The molecular weight excluding hydrogens is 240 g/mol. The molecule has 0 heterocycles. The molecule has 0 aromatic heterocycles. The fraction of sp³-hybridized carbons (Fsp3) is 0.417. The largest absolute Gasteiger partial charge is 0.495 e. The van der Waals surface area contributed by atoms with Crippen LogP contribution in [0.4, 0.5) is 5.69 Å². The Kier molecular flexibility index (Phi) is 4.37. The standard InChI is InChI=1S/C12H17ClN2O2/c1-12(2,14-3)11(16)15-8-5-6-10(17-4)9(13)7-8/h5-7,14H,1-4H3,(H,15,16). The lowest BCUT2D eigenvalue weighted by molar-refractivity contribution is -0.121. The third-order valence-corrected chi connectivity index (χ3v) is 2.90. The second-order valence-corrected chi connectivity index (χ2v) is 4.59. The summed E-state index contributed by atoms with van der Waals surface area (Å²) in [6.45, 7) is 3.60. The lowest BCUT2D eigenvalue weighted by Gasteiger charge is -2.22. The van der Waals surface area contributed by atoms with Crippen LogP contribution in [-0.2, 0) is 4.79 Å². The number of benzene rings is 1. The summed E-state index contributed by atoms with van der Waals surface area (Å²) in [5.74, 6) is 0.457. The average Bonchev–Trinajstić information content (AvgIpc) is 2.29. The summed E-state index contributed by atoms with van der Waals surface area (Å²) in [4.78, 5) is 11.9. The highest BCUT2D eigenvalue weighted by atomic mass is 35.5. The van der Waals surface area contributed by atoms with Crippen molar-refractivity contribution in [2.75, 3.05) is 19.5 Å². The zero-order valence-electron chi connectivity index (χ0n) is 10.4. The lowest BCUT2D eigenvalue weighted by Crippen LogP contribution is -2.47. The molecule has 0 bridgehead atoms. The normalized spacial score (nSPS) is 11.1. The molecule has 2 N–H and O–H groups in total. The van der Waals surface area contributed by atoms with Crippen molar-refractivity contribution in [3.05, 3.63) is 23.2 Å². The Balaban J connectivity index is 2.83. The third-order valence-electron chi connectivity index (χ3n) is 2.60. The van der Waals surface area contributed by atoms with Gasteiger partial charge in [-0.05, 0) is 39.1 Å². The van der Waals surface area contributed by atoms with Gasteiger partial charge in [0.05, 0.1) is 17.7 Å². The number of halogens is 1. The van der Waals surface area contributed by atoms with E-state index in [1.54, 1.807) is 46.2 Å². The van der Waals surface area contributed by atoms with Gasteiger partial charge in [-0.2, -0.15) is 0 Å². The van der Waals surface area contributed by atoms with Crippen LogP contribution < -0.4 is 15.4 Å². The van der Waals surface area contributed by atoms with E-state index in [1.807, 2.05) is 0 Å². The van der Waals surface area contributed by atoms with E-state index in [9.17, 15) is 4.79 Å². The van der Waals surface area contributed by atoms with Crippen LogP contribution >= 0.6 is 11.6 Å². The van der Waals surface area contributed by atoms with Gasteiger partial charge in [0.15, 0.2) is 0 Å². The first-order valence-corrected chi connectivity index (χ1v) is 5.62. The zero-order chi connectivity index (χ0) is 13.1. The number of ether oxygens (including phenoxy) is 1. The van der Waals surface area contributed by atoms with Crippen LogP contribution in [0.1, 0.15) is 13.8 Å². The van der Waals surface area contributed by atoms with Crippen LogP contribution in [0, 0.1) is 0 Å². The second kappa shape index (κ2) is 5.38. The maximum atomic E-state index is 11.9. The number of carbonyl (C=O) groups excluding carboxylic acids is 1. The number of methoxy groups -OCH3 is 1. The predicted octanol–water partition coefficient (Wildman–Crippen LogP) is 2.29. The quantitative estimate of drug-likeness (QED) is 0.869. The van der Waals surface area contributed by atoms with E-state index in [-0.39, 0.29) is 5.91 Å². The van der Waals surface area contributed by atoms with Crippen LogP contribution in [-0.4, -0.2) is 25.6 Å². The summed E-state index contributed by atoms with van der Waals surface area (Å²) in [6, 6.07) is 5.11. The van der Waals surface area contributed by atoms with Crippen LogP contribution in [0.15, 0.2) is 18.2 Å². The van der Waals surface area contributed by atoms with E-state index < -0.39 is 5.54 Å². The number of anilines is 1. The molecule has 1 amide bonds. The topological polar surface area (TPSA) is 50.4 Å². The zero-order valence-corrected chi connectivity index (χ0v) is 11.2. The lowest BCUT2D eigenvalue weighted by atomic mass is 10.1. The van der Waals surface area contributed by atoms with Crippen LogP contribution in [0.2, 0.25) is 5.02 Å². The molecule has 17 heavy (non-hydrogen) atoms. The molecule has 0 aliphatic heterocycles. The maximum Gasteiger partial charge on any atom is 0.244 e. The fourth-order valence-electron chi connectivity index (χ4n) is 1.15. The Labute approximate surface area is 106 Å². The molecule has 0 radical (unpaired) electrons. The number of amides is 1. The van der Waals surface area contributed by atoms with E-state index in [2.05, 4.69) is 10.6 Å². The summed E-state index contributed by atoms with van der Waals surface area (Å²) >= 11 is 5.97. The van der Waals surface area contributed by atoms with Gasteiger partial charge in [0.2, 0.25) is 5.91 Å². The van der Waals surface area contributed by atoms with Crippen LogP contribution in [0.5, 0.6) is 5.75 Å². The Hall–Kier alpha value is -1.26. The minimum absolute atomic E-state index is 0.124. The minimum atomic E-state index is -0.633. The number of nitrogens with one attached hydrogen (secondary N) is 2. The highest BCUT2D eigenvalue weighted by Crippen LogP contribution is 2.27. The molecule has 1 rings (SSSR count). The first-order chi connectivity index (χ1) is 7.90. The van der Waals surface area contributed by atoms with Crippen molar-refractivity contribution in [1.29, 1.82) is 0 Å². The Bertz CT molecular complexity index is 419. The van der Waals surface area contributed by atoms with Crippen molar-refractivity contribution < 1.29 is 9.53 Å². The first kappa shape index (κ1) is 13.8. The molecule has 1 aromatic carbocycles. The van der Waals surface area contributed by atoms with Crippen molar-refractivity contribution in [2.24, 2.45) is 0 Å². The Morgan fingerprint density at radius 1 is 1.41 bits per heavy atom. The molecule has 0 saturated carbocycles. The number of hydrogen-bond acceptors (Lipinski definition) is 3. The molecule has 1 aromatic rings. The smallest absolute Gasteiger partial charge is 0.244 e. The molecule has 4 nitrogen and oxygen atoms in total. The highest BCUT2D eigenvalue weighted by molar-refractivity contribution is 6.32. The van der Waals surface area contributed by atoms with Crippen molar-refractivity contribution in [3.63, 3.8) is 0 Å². The van der Waals surface area contributed by atoms with Gasteiger partial charge < -0.3 is 15.4 Å². The predicted molar refractivity (Wildman–Crippen MR) is 69.8 cm³/mol. The third kappa shape index (κ3) is 3.35. The second-order valence-electron chi connectivity index (χ2n) is 4.18. The summed E-state index contributed by atoms with van der Waals surface area (Å²) < 4.78 is 5.04. The van der Waals surface area contributed by atoms with Gasteiger partial charge in [0.1, 0.15) is 5.75 Å². The van der Waals surface area contributed by atoms with E-state index in [0.29, 0.717) is 16.5 Å². The van der Waals surface area contributed by atoms with Gasteiger partial charge >= 0.3 is 0 Å². The molecule has 0 saturated heterocycles. The number of rotatable bonds is 4. The Morgan fingerprint density at radius 3 is 2.53 bits per heavy atom. The molecule has 0 aliphatic rings. The maximum absolute atomic E-state index is 11.9. The number of hydrogen-bond donors (Lipinski definition) is 2. The van der Waals surface area contributed by atoms with Gasteiger partial charge in [-0.3, -0.25) is 4.79 Å². The monoisotopic (exact) mass is 256 g/mol. The molecule has 0 unspecified atom stereocenters. The summed E-state index contributed by atoms with van der Waals surface area (Å²) in [7, 11) is 3.28. The van der Waals surface area contributed by atoms with Gasteiger partial charge in [-0.15, -0.1) is 0 Å². The first-order valence-electron chi connectivity index (χ1n) is 5.24. The molecule has 0 atom stereocenters. The number of likely N-dealkylation sites (N-methyl/N-ethyl adjacent to an activating group) is 1. The van der Waals surface area contributed by atoms with Crippen molar-refractivity contribution in [2.45, 2.75) is 19.4 Å². The van der Waals surface area contributed by atoms with Gasteiger partial charge in [-0.25, -0.2) is 0 Å². The fourth-order valence-corrected chi connectivity index (χ4v) is 1.40. The number of carbonyl (C=O) groups is 1. The molecule has 0 fully saturated rings. The van der Waals surface area contributed by atoms with Crippen molar-refractivity contribution in [1.82, 2.24) is 5.32 Å². The summed E-state index contributed by atoms with van der Waals surface area (Å²) in [5, 5.41) is 6.18. The van der Waals surface area contributed by atoms with Gasteiger partial charge in [0.25, 0.3) is 0 Å². The molecule has 5 heteroatoms. The van der Waals surface area contributed by atoms with E-state index in [4.69, 9.17) is 16.3 Å². The van der Waals surface area contributed by atoms with Crippen LogP contribution in [0.25, 0.3) is 0 Å². The summed E-state index contributed by atoms with van der Waals surface area (Å²) in [5.41, 5.74) is 0.0102. The highest BCUT2D eigenvalue weighted by Gasteiger charge is 2.25. The molecule has 0 spiro atoms. The van der Waals surface area contributed by atoms with Crippen molar-refractivity contribution >= 4 is 23.2 Å². The molecular formula is C12H17ClN2O2. The van der Waals surface area contributed by atoms with Gasteiger partial charge in [0, 0.05) is 5.69 Å². The molecule has 94 valence electrons.